The first-order chi connectivity index (χ1) is 8.22. The maximum absolute atomic E-state index is 11.9. The maximum Gasteiger partial charge on any atom is 0.256 e. The van der Waals surface area contributed by atoms with Gasteiger partial charge < -0.3 is 15.5 Å². The van der Waals surface area contributed by atoms with Gasteiger partial charge in [-0.2, -0.15) is 0 Å². The van der Waals surface area contributed by atoms with E-state index in [1.807, 2.05) is 6.92 Å². The number of hydrogen-bond donors (Lipinski definition) is 2. The minimum absolute atomic E-state index is 0.0826. The molecule has 1 fully saturated rings. The average molecular weight is 237 g/mol. The summed E-state index contributed by atoms with van der Waals surface area (Å²) in [5.41, 5.74) is 6.38. The first-order valence-electron chi connectivity index (χ1n) is 6.18. The fourth-order valence-electron chi connectivity index (χ4n) is 2.19. The van der Waals surface area contributed by atoms with Gasteiger partial charge in [0.25, 0.3) is 5.56 Å². The lowest BCUT2D eigenvalue weighted by Gasteiger charge is -2.21. The summed E-state index contributed by atoms with van der Waals surface area (Å²) in [5, 5.41) is 0. The molecule has 0 amide bonds. The molecule has 2 rings (SSSR count). The predicted molar refractivity (Wildman–Crippen MR) is 66.1 cm³/mol. The van der Waals surface area contributed by atoms with E-state index in [1.54, 1.807) is 0 Å². The maximum atomic E-state index is 11.9. The zero-order valence-electron chi connectivity index (χ0n) is 10.2. The molecule has 1 aromatic heterocycles. The molecule has 0 bridgehead atoms. The van der Waals surface area contributed by atoms with Crippen molar-refractivity contribution in [3.63, 3.8) is 0 Å². The van der Waals surface area contributed by atoms with E-state index in [2.05, 4.69) is 9.97 Å². The van der Waals surface area contributed by atoms with Crippen molar-refractivity contribution in [1.82, 2.24) is 9.97 Å². The van der Waals surface area contributed by atoms with Crippen molar-refractivity contribution in [2.75, 3.05) is 18.9 Å². The molecule has 0 aliphatic carbocycles. The number of nitrogens with two attached hydrogens (primary N) is 1. The lowest BCUT2D eigenvalue weighted by Crippen LogP contribution is -2.24. The Morgan fingerprint density at radius 2 is 2.18 bits per heavy atom. The van der Waals surface area contributed by atoms with E-state index in [-0.39, 0.29) is 11.5 Å². The van der Waals surface area contributed by atoms with Crippen LogP contribution >= 0.6 is 0 Å². The number of ether oxygens (including phenoxy) is 1. The molecule has 1 aromatic rings. The van der Waals surface area contributed by atoms with Crippen molar-refractivity contribution in [2.24, 2.45) is 0 Å². The number of aromatic nitrogens is 2. The number of rotatable bonds is 3. The van der Waals surface area contributed by atoms with Gasteiger partial charge in [0.05, 0.1) is 5.56 Å². The fraction of sp³-hybridized carbons (Fsp3) is 0.667. The fourth-order valence-corrected chi connectivity index (χ4v) is 2.19. The van der Waals surface area contributed by atoms with Gasteiger partial charge in [0, 0.05) is 19.1 Å². The summed E-state index contributed by atoms with van der Waals surface area (Å²) in [6, 6.07) is 0. The Balaban J connectivity index is 2.27. The summed E-state index contributed by atoms with van der Waals surface area (Å²) in [4.78, 5) is 19.1. The highest BCUT2D eigenvalue weighted by atomic mass is 16.5. The van der Waals surface area contributed by atoms with Gasteiger partial charge in [-0.1, -0.05) is 13.3 Å². The van der Waals surface area contributed by atoms with Crippen LogP contribution in [0.4, 0.5) is 5.82 Å². The standard InChI is InChI=1S/C12H19N3O2/c1-2-3-9-10(13)14-11(15-12(9)16)8-4-6-17-7-5-8/h8H,2-7H2,1H3,(H3,13,14,15,16). The average Bonchev–Trinajstić information content (AvgIpc) is 2.35. The van der Waals surface area contributed by atoms with Crippen LogP contribution in [0.25, 0.3) is 0 Å². The van der Waals surface area contributed by atoms with Crippen LogP contribution < -0.4 is 11.3 Å². The smallest absolute Gasteiger partial charge is 0.256 e. The summed E-state index contributed by atoms with van der Waals surface area (Å²) in [6.07, 6.45) is 3.37. The minimum Gasteiger partial charge on any atom is -0.383 e. The van der Waals surface area contributed by atoms with E-state index in [4.69, 9.17) is 10.5 Å². The molecule has 0 radical (unpaired) electrons. The van der Waals surface area contributed by atoms with Crippen LogP contribution in [0.1, 0.15) is 43.5 Å². The molecule has 0 spiro atoms. The van der Waals surface area contributed by atoms with E-state index < -0.39 is 0 Å². The highest BCUT2D eigenvalue weighted by Gasteiger charge is 2.19. The highest BCUT2D eigenvalue weighted by Crippen LogP contribution is 2.24. The minimum atomic E-state index is -0.0826. The molecule has 1 saturated heterocycles. The molecule has 5 nitrogen and oxygen atoms in total. The predicted octanol–water partition coefficient (Wildman–Crippen LogP) is 1.20. The van der Waals surface area contributed by atoms with Gasteiger partial charge in [0.1, 0.15) is 11.6 Å². The van der Waals surface area contributed by atoms with E-state index in [1.165, 1.54) is 0 Å². The van der Waals surface area contributed by atoms with Gasteiger partial charge in [-0.25, -0.2) is 4.98 Å². The van der Waals surface area contributed by atoms with Crippen molar-refractivity contribution in [1.29, 1.82) is 0 Å². The highest BCUT2D eigenvalue weighted by molar-refractivity contribution is 5.38. The Labute approximate surface area is 100 Å². The van der Waals surface area contributed by atoms with Crippen molar-refractivity contribution < 1.29 is 4.74 Å². The zero-order valence-corrected chi connectivity index (χ0v) is 10.2. The quantitative estimate of drug-likeness (QED) is 0.827. The summed E-state index contributed by atoms with van der Waals surface area (Å²) in [7, 11) is 0. The second kappa shape index (κ2) is 5.31. The van der Waals surface area contributed by atoms with Gasteiger partial charge in [0.2, 0.25) is 0 Å². The van der Waals surface area contributed by atoms with Gasteiger partial charge in [-0.05, 0) is 19.3 Å². The second-order valence-electron chi connectivity index (χ2n) is 4.45. The SMILES string of the molecule is CCCc1c(N)nc(C2CCOCC2)[nH]c1=O. The molecule has 2 heterocycles. The Kier molecular flexibility index (Phi) is 3.78. The summed E-state index contributed by atoms with van der Waals surface area (Å²) >= 11 is 0. The Morgan fingerprint density at radius 3 is 2.76 bits per heavy atom. The Bertz CT molecular complexity index is 436. The van der Waals surface area contributed by atoms with Crippen LogP contribution in [0.5, 0.6) is 0 Å². The number of nitrogen functional groups attached to an aromatic ring is 1. The van der Waals surface area contributed by atoms with Crippen LogP contribution in [0.15, 0.2) is 4.79 Å². The molecule has 0 saturated carbocycles. The van der Waals surface area contributed by atoms with Crippen molar-refractivity contribution >= 4 is 5.82 Å². The second-order valence-corrected chi connectivity index (χ2v) is 4.45. The van der Waals surface area contributed by atoms with E-state index in [0.29, 0.717) is 17.8 Å². The molecule has 1 aliphatic heterocycles. The number of nitrogens with zero attached hydrogens (tertiary/aromatic N) is 1. The molecule has 94 valence electrons. The molecule has 0 atom stereocenters. The Hall–Kier alpha value is -1.36. The molecule has 0 unspecified atom stereocenters. The van der Waals surface area contributed by atoms with Crippen LogP contribution in [-0.4, -0.2) is 23.2 Å². The Morgan fingerprint density at radius 1 is 1.47 bits per heavy atom. The summed E-state index contributed by atoms with van der Waals surface area (Å²) < 4.78 is 5.29. The number of aromatic amines is 1. The first kappa shape index (κ1) is 12.1. The van der Waals surface area contributed by atoms with Crippen molar-refractivity contribution in [3.8, 4) is 0 Å². The number of anilines is 1. The lowest BCUT2D eigenvalue weighted by atomic mass is 9.99. The third-order valence-corrected chi connectivity index (χ3v) is 3.17. The van der Waals surface area contributed by atoms with E-state index in [9.17, 15) is 4.79 Å². The largest absolute Gasteiger partial charge is 0.383 e. The molecule has 0 aromatic carbocycles. The topological polar surface area (TPSA) is 81.0 Å². The molecule has 17 heavy (non-hydrogen) atoms. The van der Waals surface area contributed by atoms with Gasteiger partial charge in [-0.15, -0.1) is 0 Å². The molecular formula is C12H19N3O2. The molecule has 1 aliphatic rings. The van der Waals surface area contributed by atoms with Gasteiger partial charge in [-0.3, -0.25) is 4.79 Å². The molecule has 5 heteroatoms. The van der Waals surface area contributed by atoms with Crippen LogP contribution in [0, 0.1) is 0 Å². The van der Waals surface area contributed by atoms with E-state index >= 15 is 0 Å². The number of hydrogen-bond acceptors (Lipinski definition) is 4. The summed E-state index contributed by atoms with van der Waals surface area (Å²) in [5.74, 6) is 1.38. The van der Waals surface area contributed by atoms with Crippen molar-refractivity contribution in [3.05, 3.63) is 21.7 Å². The molecular weight excluding hydrogens is 218 g/mol. The van der Waals surface area contributed by atoms with Crippen LogP contribution in [-0.2, 0) is 11.2 Å². The van der Waals surface area contributed by atoms with Gasteiger partial charge in [0.15, 0.2) is 0 Å². The number of H-pyrrole nitrogens is 1. The first-order valence-corrected chi connectivity index (χ1v) is 6.18. The van der Waals surface area contributed by atoms with E-state index in [0.717, 1.165) is 38.3 Å². The van der Waals surface area contributed by atoms with Gasteiger partial charge >= 0.3 is 0 Å². The van der Waals surface area contributed by atoms with Crippen molar-refractivity contribution in [2.45, 2.75) is 38.5 Å². The summed E-state index contributed by atoms with van der Waals surface area (Å²) in [6.45, 7) is 3.47. The normalized spacial score (nSPS) is 17.2. The zero-order chi connectivity index (χ0) is 12.3. The third-order valence-electron chi connectivity index (χ3n) is 3.17. The monoisotopic (exact) mass is 237 g/mol. The number of nitrogens with one attached hydrogen (secondary N) is 1. The third kappa shape index (κ3) is 2.66. The molecule has 3 N–H and O–H groups in total. The van der Waals surface area contributed by atoms with Crippen LogP contribution in [0.3, 0.4) is 0 Å². The lowest BCUT2D eigenvalue weighted by molar-refractivity contribution is 0.0835. The van der Waals surface area contributed by atoms with Crippen LogP contribution in [0.2, 0.25) is 0 Å².